The van der Waals surface area contributed by atoms with Crippen LogP contribution in [0.15, 0.2) is 18.5 Å². The summed E-state index contributed by atoms with van der Waals surface area (Å²) in [6.45, 7) is 3.64. The summed E-state index contributed by atoms with van der Waals surface area (Å²) in [4.78, 5) is 27.1. The molecule has 0 radical (unpaired) electrons. The van der Waals surface area contributed by atoms with Crippen LogP contribution >= 0.6 is 0 Å². The zero-order valence-corrected chi connectivity index (χ0v) is 10.5. The van der Waals surface area contributed by atoms with E-state index in [2.05, 4.69) is 9.72 Å². The van der Waals surface area contributed by atoms with Gasteiger partial charge in [0, 0.05) is 12.2 Å². The van der Waals surface area contributed by atoms with Crippen molar-refractivity contribution in [3.63, 3.8) is 0 Å². The van der Waals surface area contributed by atoms with Crippen molar-refractivity contribution in [2.45, 2.75) is 19.9 Å². The van der Waals surface area contributed by atoms with Crippen LogP contribution in [0.1, 0.15) is 13.8 Å². The standard InChI is InChI=1S/C11H15N3O4/c1-8(2)13(7-11(15)18-3)9-4-5-12-6-10(9)14(16)17/h4-6,8H,7H2,1-3H3. The smallest absolute Gasteiger partial charge is 0.325 e. The van der Waals surface area contributed by atoms with Gasteiger partial charge < -0.3 is 9.64 Å². The molecular formula is C11H15N3O4. The molecule has 0 amide bonds. The SMILES string of the molecule is COC(=O)CN(c1ccncc1[N+](=O)[O-])C(C)C. The average Bonchev–Trinajstić information content (AvgIpc) is 2.35. The van der Waals surface area contributed by atoms with Crippen molar-refractivity contribution in [1.82, 2.24) is 4.98 Å². The number of esters is 1. The molecule has 7 nitrogen and oxygen atoms in total. The third kappa shape index (κ3) is 3.16. The summed E-state index contributed by atoms with van der Waals surface area (Å²) >= 11 is 0. The summed E-state index contributed by atoms with van der Waals surface area (Å²) in [5.74, 6) is -0.449. The Morgan fingerprint density at radius 2 is 2.28 bits per heavy atom. The summed E-state index contributed by atoms with van der Waals surface area (Å²) < 4.78 is 4.59. The molecule has 0 aliphatic heterocycles. The second-order valence-corrected chi connectivity index (χ2v) is 3.92. The molecule has 1 aromatic rings. The summed E-state index contributed by atoms with van der Waals surface area (Å²) in [6, 6.07) is 1.44. The lowest BCUT2D eigenvalue weighted by Gasteiger charge is -2.26. The number of ether oxygens (including phenoxy) is 1. The van der Waals surface area contributed by atoms with Crippen LogP contribution in [0.2, 0.25) is 0 Å². The highest BCUT2D eigenvalue weighted by atomic mass is 16.6. The van der Waals surface area contributed by atoms with Gasteiger partial charge in [-0.3, -0.25) is 19.9 Å². The van der Waals surface area contributed by atoms with E-state index in [1.165, 1.54) is 25.6 Å². The number of pyridine rings is 1. The molecule has 1 aromatic heterocycles. The van der Waals surface area contributed by atoms with Crippen molar-refractivity contribution in [1.29, 1.82) is 0 Å². The summed E-state index contributed by atoms with van der Waals surface area (Å²) in [6.07, 6.45) is 2.62. The van der Waals surface area contributed by atoms with Crippen LogP contribution < -0.4 is 4.90 Å². The number of hydrogen-bond acceptors (Lipinski definition) is 6. The van der Waals surface area contributed by atoms with Crippen molar-refractivity contribution < 1.29 is 14.5 Å². The fraction of sp³-hybridized carbons (Fsp3) is 0.455. The number of rotatable bonds is 5. The van der Waals surface area contributed by atoms with Crippen LogP contribution in [-0.4, -0.2) is 35.6 Å². The molecule has 1 rings (SSSR count). The van der Waals surface area contributed by atoms with Gasteiger partial charge in [-0.05, 0) is 19.9 Å². The van der Waals surface area contributed by atoms with Crippen molar-refractivity contribution in [3.05, 3.63) is 28.6 Å². The van der Waals surface area contributed by atoms with Crippen LogP contribution in [0.4, 0.5) is 11.4 Å². The van der Waals surface area contributed by atoms with Crippen LogP contribution in [0, 0.1) is 10.1 Å². The molecule has 0 aliphatic rings. The molecule has 0 unspecified atom stereocenters. The Hall–Kier alpha value is -2.18. The Kier molecular flexibility index (Phi) is 4.59. The summed E-state index contributed by atoms with van der Waals surface area (Å²) in [5, 5.41) is 10.9. The number of carbonyl (C=O) groups is 1. The molecule has 0 fully saturated rings. The van der Waals surface area contributed by atoms with E-state index in [9.17, 15) is 14.9 Å². The Labute approximate surface area is 105 Å². The number of anilines is 1. The second-order valence-electron chi connectivity index (χ2n) is 3.92. The predicted molar refractivity (Wildman–Crippen MR) is 65.4 cm³/mol. The molecule has 0 bridgehead atoms. The average molecular weight is 253 g/mol. The number of carbonyl (C=O) groups excluding carboxylic acids is 1. The van der Waals surface area contributed by atoms with Gasteiger partial charge in [-0.2, -0.15) is 0 Å². The van der Waals surface area contributed by atoms with Crippen LogP contribution in [-0.2, 0) is 9.53 Å². The zero-order valence-electron chi connectivity index (χ0n) is 10.5. The predicted octanol–water partition coefficient (Wildman–Crippen LogP) is 1.38. The van der Waals surface area contributed by atoms with E-state index in [1.807, 2.05) is 13.8 Å². The molecular weight excluding hydrogens is 238 g/mol. The first kappa shape index (κ1) is 13.9. The van der Waals surface area contributed by atoms with Gasteiger partial charge in [0.2, 0.25) is 0 Å². The molecule has 18 heavy (non-hydrogen) atoms. The topological polar surface area (TPSA) is 85.6 Å². The normalized spacial score (nSPS) is 10.2. The number of hydrogen-bond donors (Lipinski definition) is 0. The van der Waals surface area contributed by atoms with Gasteiger partial charge in [-0.1, -0.05) is 0 Å². The van der Waals surface area contributed by atoms with E-state index in [0.29, 0.717) is 5.69 Å². The Morgan fingerprint density at radius 3 is 2.78 bits per heavy atom. The lowest BCUT2D eigenvalue weighted by atomic mass is 10.2. The van der Waals surface area contributed by atoms with Crippen molar-refractivity contribution >= 4 is 17.3 Å². The first-order chi connectivity index (χ1) is 8.47. The molecule has 0 aliphatic carbocycles. The minimum Gasteiger partial charge on any atom is -0.468 e. The van der Waals surface area contributed by atoms with Crippen molar-refractivity contribution in [2.24, 2.45) is 0 Å². The first-order valence-electron chi connectivity index (χ1n) is 5.39. The zero-order chi connectivity index (χ0) is 13.7. The minimum absolute atomic E-state index is 0.0426. The largest absolute Gasteiger partial charge is 0.468 e. The van der Waals surface area contributed by atoms with E-state index in [0.717, 1.165) is 0 Å². The second kappa shape index (κ2) is 5.95. The Morgan fingerprint density at radius 1 is 1.61 bits per heavy atom. The molecule has 0 aromatic carbocycles. The first-order valence-corrected chi connectivity index (χ1v) is 5.39. The van der Waals surface area contributed by atoms with Gasteiger partial charge in [0.15, 0.2) is 0 Å². The molecule has 7 heteroatoms. The van der Waals surface area contributed by atoms with E-state index in [1.54, 1.807) is 4.90 Å². The molecule has 0 N–H and O–H groups in total. The van der Waals surface area contributed by atoms with Gasteiger partial charge in [-0.15, -0.1) is 0 Å². The van der Waals surface area contributed by atoms with E-state index in [-0.39, 0.29) is 18.3 Å². The van der Waals surface area contributed by atoms with E-state index < -0.39 is 10.9 Å². The van der Waals surface area contributed by atoms with Crippen molar-refractivity contribution in [3.8, 4) is 0 Å². The van der Waals surface area contributed by atoms with Gasteiger partial charge in [-0.25, -0.2) is 0 Å². The van der Waals surface area contributed by atoms with Crippen LogP contribution in [0.5, 0.6) is 0 Å². The number of nitrogens with zero attached hydrogens (tertiary/aromatic N) is 3. The Balaban J connectivity index is 3.13. The molecule has 1 heterocycles. The maximum atomic E-state index is 11.3. The third-order valence-corrected chi connectivity index (χ3v) is 2.43. The van der Waals surface area contributed by atoms with Crippen LogP contribution in [0.3, 0.4) is 0 Å². The molecule has 0 atom stereocenters. The molecule has 0 saturated heterocycles. The number of methoxy groups -OCH3 is 1. The van der Waals surface area contributed by atoms with Gasteiger partial charge in [0.05, 0.1) is 12.0 Å². The highest BCUT2D eigenvalue weighted by Gasteiger charge is 2.23. The fourth-order valence-corrected chi connectivity index (χ4v) is 1.51. The van der Waals surface area contributed by atoms with Gasteiger partial charge >= 0.3 is 11.7 Å². The van der Waals surface area contributed by atoms with E-state index >= 15 is 0 Å². The highest BCUT2D eigenvalue weighted by Crippen LogP contribution is 2.27. The van der Waals surface area contributed by atoms with Crippen molar-refractivity contribution in [2.75, 3.05) is 18.6 Å². The summed E-state index contributed by atoms with van der Waals surface area (Å²) in [5.41, 5.74) is 0.227. The Bertz CT molecular complexity index is 448. The fourth-order valence-electron chi connectivity index (χ4n) is 1.51. The highest BCUT2D eigenvalue weighted by molar-refractivity contribution is 5.77. The number of aromatic nitrogens is 1. The third-order valence-electron chi connectivity index (χ3n) is 2.43. The quantitative estimate of drug-likeness (QED) is 0.447. The van der Waals surface area contributed by atoms with E-state index in [4.69, 9.17) is 0 Å². The monoisotopic (exact) mass is 253 g/mol. The molecule has 0 spiro atoms. The molecule has 98 valence electrons. The maximum absolute atomic E-state index is 11.3. The lowest BCUT2D eigenvalue weighted by molar-refractivity contribution is -0.384. The van der Waals surface area contributed by atoms with Gasteiger partial charge in [0.1, 0.15) is 18.4 Å². The maximum Gasteiger partial charge on any atom is 0.325 e. The number of nitro groups is 1. The summed E-state index contributed by atoms with van der Waals surface area (Å²) in [7, 11) is 1.28. The molecule has 0 saturated carbocycles. The lowest BCUT2D eigenvalue weighted by Crippen LogP contribution is -2.36. The van der Waals surface area contributed by atoms with Gasteiger partial charge in [0.25, 0.3) is 0 Å². The minimum atomic E-state index is -0.519. The van der Waals surface area contributed by atoms with Crippen LogP contribution in [0.25, 0.3) is 0 Å².